The lowest BCUT2D eigenvalue weighted by molar-refractivity contribution is 0.412. The molecule has 4 rings (SSSR count). The summed E-state index contributed by atoms with van der Waals surface area (Å²) < 4.78 is 28.5. The lowest BCUT2D eigenvalue weighted by Crippen LogP contribution is -2.30. The Kier molecular flexibility index (Phi) is 6.21. The van der Waals surface area contributed by atoms with Gasteiger partial charge in [-0.2, -0.15) is 5.10 Å². The molecule has 1 saturated carbocycles. The summed E-state index contributed by atoms with van der Waals surface area (Å²) in [6.07, 6.45) is 4.02. The molecule has 0 radical (unpaired) electrons. The lowest BCUT2D eigenvalue weighted by Gasteiger charge is -2.09. The van der Waals surface area contributed by atoms with Crippen molar-refractivity contribution < 1.29 is 8.42 Å². The highest BCUT2D eigenvalue weighted by molar-refractivity contribution is 9.10. The molecule has 160 valence electrons. The number of thiophene rings is 1. The molecule has 12 heteroatoms. The highest BCUT2D eigenvalue weighted by atomic mass is 79.9. The molecule has 0 aromatic carbocycles. The summed E-state index contributed by atoms with van der Waals surface area (Å²) >= 11 is 4.59. The Labute approximate surface area is 187 Å². The summed E-state index contributed by atoms with van der Waals surface area (Å²) in [7, 11) is 0.223. The van der Waals surface area contributed by atoms with Gasteiger partial charge in [0.1, 0.15) is 10.0 Å². The van der Waals surface area contributed by atoms with Gasteiger partial charge in [0.05, 0.1) is 9.35 Å². The molecule has 0 amide bonds. The van der Waals surface area contributed by atoms with Crippen LogP contribution in [0.2, 0.25) is 0 Å². The van der Waals surface area contributed by atoms with Gasteiger partial charge in [-0.1, -0.05) is 0 Å². The Bertz CT molecular complexity index is 1140. The van der Waals surface area contributed by atoms with Gasteiger partial charge >= 0.3 is 0 Å². The van der Waals surface area contributed by atoms with E-state index in [1.807, 2.05) is 25.1 Å². The standard InChI is InChI=1S/C18H22BrN7O2S2/c1-26(2)8-7-21-30(27,28)16-6-5-14(29-16)18-20-10-12(19)17(23-18)22-15-9-13(24-25-15)11-3-4-11/h5-6,9-11,21H,3-4,7-8H2,1-2H3,(H2,20,22,23,24,25). The molecule has 30 heavy (non-hydrogen) atoms. The van der Waals surface area contributed by atoms with Gasteiger partial charge in [0, 0.05) is 37.0 Å². The molecule has 0 unspecified atom stereocenters. The van der Waals surface area contributed by atoms with Crippen LogP contribution in [0.15, 0.2) is 33.1 Å². The minimum Gasteiger partial charge on any atom is -0.322 e. The number of nitrogens with one attached hydrogen (secondary N) is 3. The molecule has 9 nitrogen and oxygen atoms in total. The fourth-order valence-corrected chi connectivity index (χ4v) is 5.36. The van der Waals surface area contributed by atoms with E-state index in [9.17, 15) is 8.42 Å². The number of likely N-dealkylation sites (N-methyl/N-ethyl adjacent to an activating group) is 1. The van der Waals surface area contributed by atoms with Crippen molar-refractivity contribution in [2.45, 2.75) is 23.0 Å². The van der Waals surface area contributed by atoms with Crippen molar-refractivity contribution in [1.29, 1.82) is 0 Å². The second kappa shape index (κ2) is 8.71. The quantitative estimate of drug-likeness (QED) is 0.403. The van der Waals surface area contributed by atoms with Gasteiger partial charge in [0.25, 0.3) is 0 Å². The minimum absolute atomic E-state index is 0.235. The Balaban J connectivity index is 1.51. The highest BCUT2D eigenvalue weighted by Gasteiger charge is 2.25. The van der Waals surface area contributed by atoms with E-state index in [-0.39, 0.29) is 4.21 Å². The number of aromatic amines is 1. The van der Waals surface area contributed by atoms with Gasteiger partial charge in [-0.15, -0.1) is 11.3 Å². The molecule has 0 spiro atoms. The molecule has 1 aliphatic carbocycles. The topological polar surface area (TPSA) is 116 Å². The zero-order chi connectivity index (χ0) is 21.3. The third-order valence-electron chi connectivity index (χ3n) is 4.52. The molecule has 1 aliphatic rings. The van der Waals surface area contributed by atoms with E-state index in [0.717, 1.165) is 17.0 Å². The number of sulfonamides is 1. The number of H-pyrrole nitrogens is 1. The van der Waals surface area contributed by atoms with Crippen LogP contribution >= 0.6 is 27.3 Å². The van der Waals surface area contributed by atoms with Crippen molar-refractivity contribution in [2.24, 2.45) is 0 Å². The van der Waals surface area contributed by atoms with Crippen LogP contribution < -0.4 is 10.0 Å². The average Bonchev–Trinajstić information content (AvgIpc) is 3.22. The van der Waals surface area contributed by atoms with E-state index < -0.39 is 10.0 Å². The van der Waals surface area contributed by atoms with Crippen LogP contribution in [0.5, 0.6) is 0 Å². The molecule has 3 heterocycles. The van der Waals surface area contributed by atoms with Crippen LogP contribution in [0.4, 0.5) is 11.6 Å². The van der Waals surface area contributed by atoms with Crippen LogP contribution in [-0.4, -0.2) is 60.7 Å². The number of nitrogens with zero attached hydrogens (tertiary/aromatic N) is 4. The highest BCUT2D eigenvalue weighted by Crippen LogP contribution is 2.40. The molecule has 0 saturated heterocycles. The molecule has 0 aliphatic heterocycles. The van der Waals surface area contributed by atoms with E-state index in [2.05, 4.69) is 46.1 Å². The maximum absolute atomic E-state index is 12.5. The second-order valence-electron chi connectivity index (χ2n) is 7.32. The Morgan fingerprint density at radius 2 is 2.13 bits per heavy atom. The molecule has 3 aromatic rings. The first-order valence-electron chi connectivity index (χ1n) is 9.41. The third-order valence-corrected chi connectivity index (χ3v) is 8.14. The number of aromatic nitrogens is 4. The van der Waals surface area contributed by atoms with Gasteiger partial charge < -0.3 is 10.2 Å². The first kappa shape index (κ1) is 21.4. The fraction of sp³-hybridized carbons (Fsp3) is 0.389. The summed E-state index contributed by atoms with van der Waals surface area (Å²) in [6.45, 7) is 0.968. The van der Waals surface area contributed by atoms with E-state index in [1.54, 1.807) is 18.3 Å². The average molecular weight is 512 g/mol. The maximum Gasteiger partial charge on any atom is 0.250 e. The number of hydrogen-bond acceptors (Lipinski definition) is 8. The van der Waals surface area contributed by atoms with Crippen LogP contribution in [0.25, 0.3) is 10.7 Å². The van der Waals surface area contributed by atoms with Gasteiger partial charge in [0.2, 0.25) is 10.0 Å². The smallest absolute Gasteiger partial charge is 0.250 e. The van der Waals surface area contributed by atoms with Gasteiger partial charge in [0.15, 0.2) is 11.6 Å². The normalized spacial score (nSPS) is 14.4. The van der Waals surface area contributed by atoms with Crippen molar-refractivity contribution in [3.05, 3.63) is 34.6 Å². The maximum atomic E-state index is 12.5. The van der Waals surface area contributed by atoms with Crippen molar-refractivity contribution >= 4 is 48.9 Å². The van der Waals surface area contributed by atoms with Crippen molar-refractivity contribution in [3.8, 4) is 10.7 Å². The number of anilines is 2. The zero-order valence-corrected chi connectivity index (χ0v) is 19.7. The number of hydrogen-bond donors (Lipinski definition) is 3. The van der Waals surface area contributed by atoms with Crippen molar-refractivity contribution in [3.63, 3.8) is 0 Å². The predicted octanol–water partition coefficient (Wildman–Crippen LogP) is 3.15. The number of halogens is 1. The molecular weight excluding hydrogens is 490 g/mol. The van der Waals surface area contributed by atoms with E-state index >= 15 is 0 Å². The molecule has 3 aromatic heterocycles. The molecule has 0 atom stereocenters. The fourth-order valence-electron chi connectivity index (χ4n) is 2.76. The second-order valence-corrected chi connectivity index (χ2v) is 11.2. The van der Waals surface area contributed by atoms with E-state index in [0.29, 0.717) is 45.8 Å². The van der Waals surface area contributed by atoms with Crippen LogP contribution in [0, 0.1) is 0 Å². The first-order valence-corrected chi connectivity index (χ1v) is 12.5. The monoisotopic (exact) mass is 511 g/mol. The SMILES string of the molecule is CN(C)CCNS(=O)(=O)c1ccc(-c2ncc(Br)c(Nc3cc(C4CC4)[nH]n3)n2)s1. The van der Waals surface area contributed by atoms with Gasteiger partial charge in [-0.05, 0) is 55.0 Å². The lowest BCUT2D eigenvalue weighted by atomic mass is 10.3. The summed E-state index contributed by atoms with van der Waals surface area (Å²) in [5, 5.41) is 10.5. The Hall–Kier alpha value is -1.86. The number of rotatable bonds is 9. The Morgan fingerprint density at radius 3 is 2.87 bits per heavy atom. The molecular formula is C18H22BrN7O2S2. The molecule has 0 bridgehead atoms. The Morgan fingerprint density at radius 1 is 1.33 bits per heavy atom. The summed E-state index contributed by atoms with van der Waals surface area (Å²) in [4.78, 5) is 11.5. The van der Waals surface area contributed by atoms with Crippen molar-refractivity contribution in [1.82, 2.24) is 29.8 Å². The minimum atomic E-state index is -3.56. The molecule has 1 fully saturated rings. The molecule has 3 N–H and O–H groups in total. The van der Waals surface area contributed by atoms with Gasteiger partial charge in [-0.25, -0.2) is 23.1 Å². The summed E-state index contributed by atoms with van der Waals surface area (Å²) in [5.41, 5.74) is 1.12. The van der Waals surface area contributed by atoms with Crippen LogP contribution in [0.3, 0.4) is 0 Å². The largest absolute Gasteiger partial charge is 0.322 e. The summed E-state index contributed by atoms with van der Waals surface area (Å²) in [6, 6.07) is 5.28. The van der Waals surface area contributed by atoms with Crippen molar-refractivity contribution in [2.75, 3.05) is 32.5 Å². The first-order chi connectivity index (χ1) is 14.3. The van der Waals surface area contributed by atoms with Crippen LogP contribution in [-0.2, 0) is 10.0 Å². The van der Waals surface area contributed by atoms with Gasteiger partial charge in [-0.3, -0.25) is 5.10 Å². The zero-order valence-electron chi connectivity index (χ0n) is 16.5. The van der Waals surface area contributed by atoms with Crippen LogP contribution in [0.1, 0.15) is 24.5 Å². The third kappa shape index (κ3) is 5.06. The summed E-state index contributed by atoms with van der Waals surface area (Å²) in [5.74, 6) is 2.27. The predicted molar refractivity (Wildman–Crippen MR) is 121 cm³/mol. The van der Waals surface area contributed by atoms with E-state index in [1.165, 1.54) is 12.8 Å². The van der Waals surface area contributed by atoms with E-state index in [4.69, 9.17) is 0 Å².